The molecule has 7 nitrogen and oxygen atoms in total. The summed E-state index contributed by atoms with van der Waals surface area (Å²) in [5.74, 6) is -0.735. The van der Waals surface area contributed by atoms with Gasteiger partial charge in [0, 0.05) is 23.6 Å². The fourth-order valence-corrected chi connectivity index (χ4v) is 4.73. The molecule has 25 heavy (non-hydrogen) atoms. The van der Waals surface area contributed by atoms with E-state index in [1.807, 2.05) is 6.92 Å². The van der Waals surface area contributed by atoms with E-state index in [9.17, 15) is 18.0 Å². The zero-order valence-electron chi connectivity index (χ0n) is 13.7. The molecule has 134 valence electrons. The van der Waals surface area contributed by atoms with E-state index in [1.165, 1.54) is 5.01 Å². The molecule has 2 aliphatic heterocycles. The molecule has 1 fully saturated rings. The van der Waals surface area contributed by atoms with Gasteiger partial charge in [-0.2, -0.15) is 5.10 Å². The van der Waals surface area contributed by atoms with Gasteiger partial charge in [-0.1, -0.05) is 17.7 Å². The van der Waals surface area contributed by atoms with Crippen LogP contribution in [0.1, 0.15) is 24.8 Å². The molecule has 1 N–H and O–H groups in total. The molecule has 3 rings (SSSR count). The number of nitrogens with one attached hydrogen (secondary N) is 1. The number of carbonyl (C=O) groups is 2. The van der Waals surface area contributed by atoms with E-state index in [0.717, 1.165) is 5.56 Å². The van der Waals surface area contributed by atoms with Crippen molar-refractivity contribution < 1.29 is 18.0 Å². The first-order chi connectivity index (χ1) is 11.7. The molecule has 1 aromatic carbocycles. The Morgan fingerprint density at radius 2 is 2.12 bits per heavy atom. The van der Waals surface area contributed by atoms with E-state index < -0.39 is 21.8 Å². The molecular weight excluding hydrogens is 366 g/mol. The van der Waals surface area contributed by atoms with Crippen LogP contribution in [0.3, 0.4) is 0 Å². The number of sulfone groups is 1. The number of hydrazone groups is 1. The average Bonchev–Trinajstić information content (AvgIpc) is 2.91. The number of aryl methyl sites for hydroxylation is 1. The molecule has 0 saturated carbocycles. The molecule has 0 aromatic heterocycles. The first-order valence-electron chi connectivity index (χ1n) is 7.92. The van der Waals surface area contributed by atoms with Crippen molar-refractivity contribution in [3.05, 3.63) is 28.8 Å². The molecule has 0 bridgehead atoms. The molecule has 0 spiro atoms. The van der Waals surface area contributed by atoms with Gasteiger partial charge in [0.15, 0.2) is 9.84 Å². The monoisotopic (exact) mass is 383 g/mol. The van der Waals surface area contributed by atoms with Crippen LogP contribution in [0.15, 0.2) is 23.3 Å². The Hall–Kier alpha value is -1.93. The summed E-state index contributed by atoms with van der Waals surface area (Å²) in [6.45, 7) is 1.86. The summed E-state index contributed by atoms with van der Waals surface area (Å²) in [6.07, 6.45) is 0.706. The van der Waals surface area contributed by atoms with Crippen molar-refractivity contribution in [1.82, 2.24) is 5.01 Å². The molecule has 2 heterocycles. The maximum Gasteiger partial charge on any atom is 0.271 e. The Labute approximate surface area is 150 Å². The van der Waals surface area contributed by atoms with Crippen LogP contribution in [-0.2, 0) is 19.4 Å². The first-order valence-corrected chi connectivity index (χ1v) is 10.1. The van der Waals surface area contributed by atoms with E-state index in [0.29, 0.717) is 17.1 Å². The smallest absolute Gasteiger partial charge is 0.271 e. The second kappa shape index (κ2) is 6.76. The SMILES string of the molecule is Cc1ccc(NC(=O)C2=NN([C@H]3CCS(=O)(=O)C3)C(=O)CC2)cc1Cl. The first kappa shape index (κ1) is 17.9. The molecule has 9 heteroatoms. The van der Waals surface area contributed by atoms with Crippen molar-refractivity contribution in [1.29, 1.82) is 0 Å². The van der Waals surface area contributed by atoms with E-state index in [4.69, 9.17) is 11.6 Å². The van der Waals surface area contributed by atoms with E-state index in [2.05, 4.69) is 10.4 Å². The van der Waals surface area contributed by atoms with Gasteiger partial charge in [0.05, 0.1) is 17.5 Å². The number of benzene rings is 1. The average molecular weight is 384 g/mol. The summed E-state index contributed by atoms with van der Waals surface area (Å²) in [7, 11) is -3.14. The number of anilines is 1. The molecule has 1 saturated heterocycles. The van der Waals surface area contributed by atoms with Gasteiger partial charge in [-0.05, 0) is 31.0 Å². The van der Waals surface area contributed by atoms with Crippen molar-refractivity contribution in [2.45, 2.75) is 32.2 Å². The summed E-state index contributed by atoms with van der Waals surface area (Å²) in [6, 6.07) is 4.67. The number of halogens is 1. The zero-order valence-corrected chi connectivity index (χ0v) is 15.2. The molecule has 2 aliphatic rings. The fourth-order valence-electron chi connectivity index (χ4n) is 2.86. The third-order valence-electron chi connectivity index (χ3n) is 4.31. The van der Waals surface area contributed by atoms with Gasteiger partial charge in [0.25, 0.3) is 5.91 Å². The standard InChI is InChI=1S/C16H18ClN3O4S/c1-10-2-3-11(8-13(10)17)18-16(22)14-4-5-15(21)20(19-14)12-6-7-25(23,24)9-12/h2-3,8,12H,4-7,9H2,1H3,(H,18,22)/t12-/m0/s1. The summed E-state index contributed by atoms with van der Waals surface area (Å²) >= 11 is 6.05. The molecule has 0 aliphatic carbocycles. The lowest BCUT2D eigenvalue weighted by molar-refractivity contribution is -0.133. The molecule has 0 unspecified atom stereocenters. The van der Waals surface area contributed by atoms with Gasteiger partial charge >= 0.3 is 0 Å². The normalized spacial score (nSPS) is 22.6. The Bertz CT molecular complexity index is 866. The summed E-state index contributed by atoms with van der Waals surface area (Å²) in [5.41, 5.74) is 1.64. The highest BCUT2D eigenvalue weighted by molar-refractivity contribution is 7.91. The molecular formula is C16H18ClN3O4S. The van der Waals surface area contributed by atoms with Crippen LogP contribution in [0.5, 0.6) is 0 Å². The minimum Gasteiger partial charge on any atom is -0.321 e. The van der Waals surface area contributed by atoms with Crippen LogP contribution >= 0.6 is 11.6 Å². The molecule has 1 aromatic rings. The van der Waals surface area contributed by atoms with Crippen LogP contribution in [0.4, 0.5) is 5.69 Å². The van der Waals surface area contributed by atoms with Crippen molar-refractivity contribution in [2.24, 2.45) is 5.10 Å². The summed E-state index contributed by atoms with van der Waals surface area (Å²) in [4.78, 5) is 24.5. The number of amides is 2. The lowest BCUT2D eigenvalue weighted by atomic mass is 10.1. The summed E-state index contributed by atoms with van der Waals surface area (Å²) in [5, 5.41) is 8.56. The minimum atomic E-state index is -3.14. The third kappa shape index (κ3) is 4.01. The van der Waals surface area contributed by atoms with Crippen LogP contribution in [0.25, 0.3) is 0 Å². The van der Waals surface area contributed by atoms with E-state index in [-0.39, 0.29) is 36.0 Å². The quantitative estimate of drug-likeness (QED) is 0.860. The van der Waals surface area contributed by atoms with Crippen molar-refractivity contribution in [2.75, 3.05) is 16.8 Å². The largest absolute Gasteiger partial charge is 0.321 e. The highest BCUT2D eigenvalue weighted by atomic mass is 35.5. The number of carbonyl (C=O) groups excluding carboxylic acids is 2. The highest BCUT2D eigenvalue weighted by Crippen LogP contribution is 2.23. The van der Waals surface area contributed by atoms with Gasteiger partial charge in [-0.15, -0.1) is 0 Å². The van der Waals surface area contributed by atoms with Crippen molar-refractivity contribution in [3.8, 4) is 0 Å². The molecule has 1 atom stereocenters. The predicted octanol–water partition coefficient (Wildman–Crippen LogP) is 1.75. The number of hydrogen-bond acceptors (Lipinski definition) is 5. The van der Waals surface area contributed by atoms with Gasteiger partial charge < -0.3 is 5.32 Å². The minimum absolute atomic E-state index is 0.0420. The number of nitrogens with zero attached hydrogens (tertiary/aromatic N) is 2. The fraction of sp³-hybridized carbons (Fsp3) is 0.438. The van der Waals surface area contributed by atoms with Gasteiger partial charge in [-0.25, -0.2) is 13.4 Å². The number of rotatable bonds is 3. The Balaban J connectivity index is 1.76. The van der Waals surface area contributed by atoms with Gasteiger partial charge in [-0.3, -0.25) is 9.59 Å². The topological polar surface area (TPSA) is 95.9 Å². The van der Waals surface area contributed by atoms with Crippen LogP contribution in [0.2, 0.25) is 5.02 Å². The Morgan fingerprint density at radius 3 is 2.76 bits per heavy atom. The summed E-state index contributed by atoms with van der Waals surface area (Å²) < 4.78 is 23.3. The van der Waals surface area contributed by atoms with E-state index >= 15 is 0 Å². The van der Waals surface area contributed by atoms with Crippen LogP contribution < -0.4 is 5.32 Å². The lowest BCUT2D eigenvalue weighted by Gasteiger charge is -2.27. The predicted molar refractivity (Wildman–Crippen MR) is 95.4 cm³/mol. The van der Waals surface area contributed by atoms with Crippen LogP contribution in [-0.4, -0.2) is 48.5 Å². The lowest BCUT2D eigenvalue weighted by Crippen LogP contribution is -2.42. The van der Waals surface area contributed by atoms with Crippen LogP contribution in [0, 0.1) is 6.92 Å². The van der Waals surface area contributed by atoms with Gasteiger partial charge in [0.2, 0.25) is 5.91 Å². The maximum atomic E-state index is 12.4. The van der Waals surface area contributed by atoms with Gasteiger partial charge in [0.1, 0.15) is 5.71 Å². The number of hydrogen-bond donors (Lipinski definition) is 1. The van der Waals surface area contributed by atoms with E-state index in [1.54, 1.807) is 18.2 Å². The highest BCUT2D eigenvalue weighted by Gasteiger charge is 2.37. The Kier molecular flexibility index (Phi) is 4.83. The maximum absolute atomic E-state index is 12.4. The second-order valence-corrected chi connectivity index (χ2v) is 8.90. The van der Waals surface area contributed by atoms with Crippen molar-refractivity contribution >= 4 is 44.7 Å². The zero-order chi connectivity index (χ0) is 18.2. The second-order valence-electron chi connectivity index (χ2n) is 6.26. The molecule has 2 amide bonds. The van der Waals surface area contributed by atoms with Crippen molar-refractivity contribution in [3.63, 3.8) is 0 Å². The molecule has 0 radical (unpaired) electrons. The third-order valence-corrected chi connectivity index (χ3v) is 6.46. The Morgan fingerprint density at radius 1 is 1.36 bits per heavy atom.